The maximum atomic E-state index is 9.78. The highest BCUT2D eigenvalue weighted by molar-refractivity contribution is 9.10. The number of methoxy groups -OCH3 is 1. The molecule has 0 saturated heterocycles. The Morgan fingerprint density at radius 3 is 2.63 bits per heavy atom. The molecular formula is C15H22BrNO2. The zero-order chi connectivity index (χ0) is 13.8. The van der Waals surface area contributed by atoms with E-state index in [2.05, 4.69) is 28.2 Å². The molecule has 0 bridgehead atoms. The van der Waals surface area contributed by atoms with Gasteiger partial charge in [-0.15, -0.1) is 0 Å². The van der Waals surface area contributed by atoms with Crippen molar-refractivity contribution in [3.63, 3.8) is 0 Å². The molecule has 0 spiro atoms. The van der Waals surface area contributed by atoms with E-state index in [0.29, 0.717) is 16.3 Å². The lowest BCUT2D eigenvalue weighted by atomic mass is 9.87. The van der Waals surface area contributed by atoms with E-state index >= 15 is 0 Å². The van der Waals surface area contributed by atoms with E-state index in [1.807, 2.05) is 12.1 Å². The number of nitrogens with one attached hydrogen (secondary N) is 1. The van der Waals surface area contributed by atoms with Crippen molar-refractivity contribution in [1.82, 2.24) is 5.32 Å². The minimum Gasteiger partial charge on any atom is -0.503 e. The average molecular weight is 328 g/mol. The monoisotopic (exact) mass is 327 g/mol. The van der Waals surface area contributed by atoms with Crippen LogP contribution >= 0.6 is 15.9 Å². The summed E-state index contributed by atoms with van der Waals surface area (Å²) in [5, 5.41) is 13.4. The first-order chi connectivity index (χ1) is 9.10. The third-order valence-corrected chi connectivity index (χ3v) is 4.52. The van der Waals surface area contributed by atoms with Crippen molar-refractivity contribution in [1.29, 1.82) is 0 Å². The Morgan fingerprint density at radius 1 is 1.32 bits per heavy atom. The molecule has 3 nitrogen and oxygen atoms in total. The number of halogens is 1. The molecular weight excluding hydrogens is 306 g/mol. The normalized spacial score (nSPS) is 23.3. The van der Waals surface area contributed by atoms with Crippen molar-refractivity contribution in [3.05, 3.63) is 22.2 Å². The number of phenols is 1. The highest BCUT2D eigenvalue weighted by Crippen LogP contribution is 2.35. The molecule has 0 atom stereocenters. The molecule has 4 heteroatoms. The molecule has 0 radical (unpaired) electrons. The van der Waals surface area contributed by atoms with E-state index < -0.39 is 0 Å². The van der Waals surface area contributed by atoms with Crippen LogP contribution in [0, 0.1) is 5.92 Å². The Labute approximate surface area is 123 Å². The Kier molecular flexibility index (Phi) is 5.11. The zero-order valence-corrected chi connectivity index (χ0v) is 13.2. The molecule has 0 heterocycles. The number of aromatic hydroxyl groups is 1. The molecule has 0 amide bonds. The molecule has 2 rings (SSSR count). The van der Waals surface area contributed by atoms with Crippen LogP contribution in [0.1, 0.15) is 38.2 Å². The van der Waals surface area contributed by atoms with Crippen LogP contribution in [0.15, 0.2) is 16.6 Å². The maximum Gasteiger partial charge on any atom is 0.172 e. The van der Waals surface area contributed by atoms with E-state index in [-0.39, 0.29) is 5.75 Å². The van der Waals surface area contributed by atoms with Gasteiger partial charge in [0.2, 0.25) is 0 Å². The summed E-state index contributed by atoms with van der Waals surface area (Å²) in [6, 6.07) is 4.45. The number of phenolic OH excluding ortho intramolecular Hbond substituents is 1. The molecule has 19 heavy (non-hydrogen) atoms. The molecule has 0 unspecified atom stereocenters. The second-order valence-electron chi connectivity index (χ2n) is 5.47. The predicted octanol–water partition coefficient (Wildman–Crippen LogP) is 3.83. The van der Waals surface area contributed by atoms with Crippen LogP contribution in [0.2, 0.25) is 0 Å². The Morgan fingerprint density at radius 2 is 2.00 bits per heavy atom. The van der Waals surface area contributed by atoms with Crippen LogP contribution in [0.5, 0.6) is 11.5 Å². The minimum atomic E-state index is 0.165. The maximum absolute atomic E-state index is 9.78. The van der Waals surface area contributed by atoms with Crippen LogP contribution in [-0.2, 0) is 6.54 Å². The van der Waals surface area contributed by atoms with Gasteiger partial charge in [0.15, 0.2) is 11.5 Å². The number of hydrogen-bond acceptors (Lipinski definition) is 3. The van der Waals surface area contributed by atoms with Crippen molar-refractivity contribution >= 4 is 15.9 Å². The van der Waals surface area contributed by atoms with Gasteiger partial charge in [-0.2, -0.15) is 0 Å². The highest BCUT2D eigenvalue weighted by Gasteiger charge is 2.17. The lowest BCUT2D eigenvalue weighted by Crippen LogP contribution is -2.32. The molecule has 106 valence electrons. The predicted molar refractivity (Wildman–Crippen MR) is 80.6 cm³/mol. The molecule has 0 aliphatic heterocycles. The quantitative estimate of drug-likeness (QED) is 0.883. The fourth-order valence-corrected chi connectivity index (χ4v) is 3.10. The first-order valence-electron chi connectivity index (χ1n) is 6.89. The zero-order valence-electron chi connectivity index (χ0n) is 11.6. The van der Waals surface area contributed by atoms with Gasteiger partial charge in [0.1, 0.15) is 0 Å². The van der Waals surface area contributed by atoms with E-state index in [1.54, 1.807) is 7.11 Å². The largest absolute Gasteiger partial charge is 0.503 e. The number of hydrogen-bond donors (Lipinski definition) is 2. The van der Waals surface area contributed by atoms with Crippen LogP contribution < -0.4 is 10.1 Å². The van der Waals surface area contributed by atoms with E-state index in [4.69, 9.17) is 4.74 Å². The molecule has 0 aromatic heterocycles. The van der Waals surface area contributed by atoms with Crippen molar-refractivity contribution in [2.75, 3.05) is 7.11 Å². The fraction of sp³-hybridized carbons (Fsp3) is 0.600. The molecule has 1 aromatic rings. The van der Waals surface area contributed by atoms with Crippen LogP contribution in [0.25, 0.3) is 0 Å². The van der Waals surface area contributed by atoms with E-state index in [9.17, 15) is 5.11 Å². The summed E-state index contributed by atoms with van der Waals surface area (Å²) in [4.78, 5) is 0. The number of ether oxygens (including phenoxy) is 1. The van der Waals surface area contributed by atoms with Crippen molar-refractivity contribution in [3.8, 4) is 11.5 Å². The summed E-state index contributed by atoms with van der Waals surface area (Å²) in [5.41, 5.74) is 1.13. The van der Waals surface area contributed by atoms with Crippen LogP contribution in [-0.4, -0.2) is 18.3 Å². The summed E-state index contributed by atoms with van der Waals surface area (Å²) >= 11 is 3.35. The van der Waals surface area contributed by atoms with Crippen molar-refractivity contribution in [2.24, 2.45) is 5.92 Å². The minimum absolute atomic E-state index is 0.165. The second-order valence-corrected chi connectivity index (χ2v) is 6.32. The smallest absolute Gasteiger partial charge is 0.172 e. The second kappa shape index (κ2) is 6.62. The number of benzene rings is 1. The van der Waals surface area contributed by atoms with Crippen molar-refractivity contribution in [2.45, 2.75) is 45.2 Å². The molecule has 1 saturated carbocycles. The SMILES string of the molecule is COc1cc(CNC2CCC(C)CC2)cc(Br)c1O. The third-order valence-electron chi connectivity index (χ3n) is 3.92. The molecule has 1 aromatic carbocycles. The Bertz CT molecular complexity index is 428. The summed E-state index contributed by atoms with van der Waals surface area (Å²) in [6.07, 6.45) is 5.16. The first-order valence-corrected chi connectivity index (χ1v) is 7.68. The standard InChI is InChI=1S/C15H22BrNO2/c1-10-3-5-12(6-4-10)17-9-11-7-13(16)15(18)14(8-11)19-2/h7-8,10,12,17-18H,3-6,9H2,1-2H3. The lowest BCUT2D eigenvalue weighted by Gasteiger charge is -2.27. The van der Waals surface area contributed by atoms with E-state index in [0.717, 1.165) is 18.0 Å². The summed E-state index contributed by atoms with van der Waals surface area (Å²) in [5.74, 6) is 1.56. The van der Waals surface area contributed by atoms with Gasteiger partial charge in [0.25, 0.3) is 0 Å². The van der Waals surface area contributed by atoms with Crippen molar-refractivity contribution < 1.29 is 9.84 Å². The van der Waals surface area contributed by atoms with Gasteiger partial charge < -0.3 is 15.2 Å². The third kappa shape index (κ3) is 3.86. The van der Waals surface area contributed by atoms with Crippen LogP contribution in [0.4, 0.5) is 0 Å². The highest BCUT2D eigenvalue weighted by atomic mass is 79.9. The average Bonchev–Trinajstić information content (AvgIpc) is 2.41. The van der Waals surface area contributed by atoms with Gasteiger partial charge in [-0.3, -0.25) is 0 Å². The topological polar surface area (TPSA) is 41.5 Å². The Hall–Kier alpha value is -0.740. The van der Waals surface area contributed by atoms with E-state index in [1.165, 1.54) is 25.7 Å². The molecule has 1 aliphatic rings. The molecule has 2 N–H and O–H groups in total. The van der Waals surface area contributed by atoms with Gasteiger partial charge in [-0.25, -0.2) is 0 Å². The lowest BCUT2D eigenvalue weighted by molar-refractivity contribution is 0.306. The summed E-state index contributed by atoms with van der Waals surface area (Å²) in [6.45, 7) is 3.15. The molecule has 1 fully saturated rings. The van der Waals surface area contributed by atoms with Gasteiger partial charge in [0, 0.05) is 12.6 Å². The first kappa shape index (κ1) is 14.7. The molecule has 1 aliphatic carbocycles. The fourth-order valence-electron chi connectivity index (χ4n) is 2.61. The summed E-state index contributed by atoms with van der Waals surface area (Å²) < 4.78 is 5.85. The number of rotatable bonds is 4. The van der Waals surface area contributed by atoms with Gasteiger partial charge in [-0.05, 0) is 65.2 Å². The van der Waals surface area contributed by atoms with Crippen LogP contribution in [0.3, 0.4) is 0 Å². The van der Waals surface area contributed by atoms with Gasteiger partial charge in [0.05, 0.1) is 11.6 Å². The summed E-state index contributed by atoms with van der Waals surface area (Å²) in [7, 11) is 1.57. The Balaban J connectivity index is 1.94. The van der Waals surface area contributed by atoms with Gasteiger partial charge in [-0.1, -0.05) is 6.92 Å². The van der Waals surface area contributed by atoms with Gasteiger partial charge >= 0.3 is 0 Å².